The first-order valence-electron chi connectivity index (χ1n) is 10.2. The first-order valence-corrected chi connectivity index (χ1v) is 10.2. The van der Waals surface area contributed by atoms with Gasteiger partial charge in [-0.05, 0) is 46.7 Å². The highest BCUT2D eigenvalue weighted by Gasteiger charge is 2.16. The normalized spacial score (nSPS) is 16.2. The molecule has 30 heavy (non-hydrogen) atoms. The molecule has 2 heterocycles. The van der Waals surface area contributed by atoms with E-state index in [0.717, 1.165) is 40.6 Å². The van der Waals surface area contributed by atoms with E-state index in [9.17, 15) is 9.59 Å². The average molecular weight is 407 g/mol. The van der Waals surface area contributed by atoms with Gasteiger partial charge < -0.3 is 19.1 Å². The van der Waals surface area contributed by atoms with Crippen molar-refractivity contribution < 1.29 is 24.2 Å². The molecule has 6 heteroatoms. The van der Waals surface area contributed by atoms with Crippen molar-refractivity contribution in [1.29, 1.82) is 0 Å². The molecule has 6 nitrogen and oxygen atoms in total. The summed E-state index contributed by atoms with van der Waals surface area (Å²) in [6.07, 6.45) is 2.90. The van der Waals surface area contributed by atoms with Crippen LogP contribution in [0.15, 0.2) is 54.7 Å². The maximum atomic E-state index is 12.1. The highest BCUT2D eigenvalue weighted by molar-refractivity contribution is 5.88. The molecule has 156 valence electrons. The van der Waals surface area contributed by atoms with Crippen molar-refractivity contribution in [3.63, 3.8) is 0 Å². The molecule has 1 fully saturated rings. The number of fused-ring (bicyclic) bond motifs is 1. The number of benzene rings is 2. The van der Waals surface area contributed by atoms with Crippen LogP contribution in [-0.2, 0) is 32.2 Å². The van der Waals surface area contributed by atoms with E-state index in [-0.39, 0.29) is 31.3 Å². The summed E-state index contributed by atoms with van der Waals surface area (Å²) in [6.45, 7) is 2.16. The van der Waals surface area contributed by atoms with E-state index in [1.165, 1.54) is 0 Å². The number of rotatable bonds is 9. The number of nitrogens with zero attached hydrogens (tertiary/aromatic N) is 1. The third kappa shape index (κ3) is 4.96. The molecule has 1 N–H and O–H groups in total. The number of ether oxygens (including phenoxy) is 2. The van der Waals surface area contributed by atoms with Gasteiger partial charge in [0.15, 0.2) is 5.78 Å². The predicted molar refractivity (Wildman–Crippen MR) is 113 cm³/mol. The van der Waals surface area contributed by atoms with E-state index in [0.29, 0.717) is 13.2 Å². The summed E-state index contributed by atoms with van der Waals surface area (Å²) < 4.78 is 13.2. The molecule has 0 aliphatic carbocycles. The Hall–Kier alpha value is -2.96. The van der Waals surface area contributed by atoms with E-state index in [1.54, 1.807) is 0 Å². The topological polar surface area (TPSA) is 77.8 Å². The Balaban J connectivity index is 1.50. The number of carboxylic acid groups (broad SMARTS) is 1. The number of hydrogen-bond acceptors (Lipinski definition) is 4. The number of carboxylic acids is 1. The molecule has 0 bridgehead atoms. The van der Waals surface area contributed by atoms with Crippen LogP contribution in [0, 0.1) is 0 Å². The summed E-state index contributed by atoms with van der Waals surface area (Å²) in [6, 6.07) is 16.4. The maximum Gasteiger partial charge on any atom is 0.303 e. The minimum atomic E-state index is -0.952. The molecular formula is C24H25NO5. The van der Waals surface area contributed by atoms with Gasteiger partial charge in [0.05, 0.1) is 32.3 Å². The summed E-state index contributed by atoms with van der Waals surface area (Å²) in [5, 5.41) is 9.82. The quantitative estimate of drug-likeness (QED) is 0.579. The van der Waals surface area contributed by atoms with Crippen LogP contribution in [-0.4, -0.2) is 40.7 Å². The monoisotopic (exact) mass is 407 g/mol. The lowest BCUT2D eigenvalue weighted by Gasteiger charge is -2.11. The lowest BCUT2D eigenvalue weighted by atomic mass is 10.0. The van der Waals surface area contributed by atoms with Crippen molar-refractivity contribution in [3.8, 4) is 11.1 Å². The lowest BCUT2D eigenvalue weighted by Crippen LogP contribution is -2.11. The van der Waals surface area contributed by atoms with Crippen molar-refractivity contribution in [2.75, 3.05) is 13.2 Å². The Morgan fingerprint density at radius 1 is 1.10 bits per heavy atom. The fourth-order valence-corrected chi connectivity index (χ4v) is 3.72. The summed E-state index contributed by atoms with van der Waals surface area (Å²) in [5.74, 6) is -1.04. The van der Waals surface area contributed by atoms with Crippen LogP contribution in [0.1, 0.15) is 24.8 Å². The average Bonchev–Trinajstić information content (AvgIpc) is 3.41. The van der Waals surface area contributed by atoms with Crippen molar-refractivity contribution in [1.82, 2.24) is 4.57 Å². The van der Waals surface area contributed by atoms with Crippen LogP contribution >= 0.6 is 0 Å². The third-order valence-corrected chi connectivity index (χ3v) is 5.37. The molecule has 0 amide bonds. The van der Waals surface area contributed by atoms with Gasteiger partial charge in [-0.3, -0.25) is 9.59 Å². The first-order chi connectivity index (χ1) is 14.6. The number of aromatic nitrogens is 1. The molecular weight excluding hydrogens is 382 g/mol. The summed E-state index contributed by atoms with van der Waals surface area (Å²) in [7, 11) is 0. The zero-order valence-corrected chi connectivity index (χ0v) is 16.8. The Labute approximate surface area is 175 Å². The molecule has 0 spiro atoms. The van der Waals surface area contributed by atoms with Crippen LogP contribution in [0.2, 0.25) is 0 Å². The van der Waals surface area contributed by atoms with Crippen molar-refractivity contribution >= 4 is 22.7 Å². The van der Waals surface area contributed by atoms with Gasteiger partial charge in [-0.2, -0.15) is 0 Å². The van der Waals surface area contributed by atoms with Gasteiger partial charge in [-0.1, -0.05) is 30.3 Å². The highest BCUT2D eigenvalue weighted by atomic mass is 16.5. The van der Waals surface area contributed by atoms with Crippen molar-refractivity contribution in [2.45, 2.75) is 38.5 Å². The predicted octanol–water partition coefficient (Wildman–Crippen LogP) is 4.05. The Morgan fingerprint density at radius 3 is 2.77 bits per heavy atom. The number of carbonyl (C=O) groups excluding carboxylic acids is 1. The smallest absolute Gasteiger partial charge is 0.303 e. The third-order valence-electron chi connectivity index (χ3n) is 5.37. The van der Waals surface area contributed by atoms with Crippen LogP contribution in [0.25, 0.3) is 22.0 Å². The number of ketones is 1. The number of Topliss-reactive ketones (excluding diaryl/α,β-unsaturated/α-hetero) is 1. The molecule has 1 unspecified atom stereocenters. The zero-order valence-electron chi connectivity index (χ0n) is 16.8. The standard InChI is InChI=1S/C24H25NO5/c26-21(6-7-24(27)28)14-25-10-8-18-4-5-20(13-23(18)25)19-3-1-2-17(12-19)15-30-22-9-11-29-16-22/h1-5,8,10,12-13,22H,6-7,9,11,14-16H2,(H,27,28). The fourth-order valence-electron chi connectivity index (χ4n) is 3.72. The molecule has 1 atom stereocenters. The minimum Gasteiger partial charge on any atom is -0.481 e. The molecule has 1 aliphatic heterocycles. The first kappa shape index (κ1) is 20.3. The Bertz CT molecular complexity index is 1050. The Morgan fingerprint density at radius 2 is 1.97 bits per heavy atom. The van der Waals surface area contributed by atoms with Gasteiger partial charge in [-0.15, -0.1) is 0 Å². The lowest BCUT2D eigenvalue weighted by molar-refractivity contribution is -0.138. The Kier molecular flexibility index (Phi) is 6.26. The largest absolute Gasteiger partial charge is 0.481 e. The van der Waals surface area contributed by atoms with Gasteiger partial charge in [0.1, 0.15) is 0 Å². The number of hydrogen-bond donors (Lipinski definition) is 1. The number of aliphatic carboxylic acids is 1. The summed E-state index contributed by atoms with van der Waals surface area (Å²) in [5.41, 5.74) is 4.22. The van der Waals surface area contributed by atoms with E-state index in [2.05, 4.69) is 30.3 Å². The van der Waals surface area contributed by atoms with Gasteiger partial charge in [0.25, 0.3) is 0 Å². The maximum absolute atomic E-state index is 12.1. The zero-order chi connectivity index (χ0) is 20.9. The second-order valence-corrected chi connectivity index (χ2v) is 7.65. The number of carbonyl (C=O) groups is 2. The van der Waals surface area contributed by atoms with Gasteiger partial charge in [0.2, 0.25) is 0 Å². The summed E-state index contributed by atoms with van der Waals surface area (Å²) >= 11 is 0. The molecule has 1 aliphatic rings. The van der Waals surface area contributed by atoms with Crippen molar-refractivity contribution in [2.24, 2.45) is 0 Å². The molecule has 1 aromatic heterocycles. The minimum absolute atomic E-state index is 0.0444. The summed E-state index contributed by atoms with van der Waals surface area (Å²) in [4.78, 5) is 22.8. The van der Waals surface area contributed by atoms with E-state index >= 15 is 0 Å². The van der Waals surface area contributed by atoms with Gasteiger partial charge in [-0.25, -0.2) is 0 Å². The van der Waals surface area contributed by atoms with Crippen LogP contribution < -0.4 is 0 Å². The molecule has 0 radical (unpaired) electrons. The van der Waals surface area contributed by atoms with Crippen LogP contribution in [0.4, 0.5) is 0 Å². The SMILES string of the molecule is O=C(O)CCC(=O)Cn1ccc2ccc(-c3cccc(COC4CCOC4)c3)cc21. The molecule has 2 aromatic carbocycles. The fraction of sp³-hybridized carbons (Fsp3) is 0.333. The second kappa shape index (κ2) is 9.24. The molecule has 1 saturated heterocycles. The second-order valence-electron chi connectivity index (χ2n) is 7.65. The van der Waals surface area contributed by atoms with E-state index in [4.69, 9.17) is 14.6 Å². The van der Waals surface area contributed by atoms with Crippen molar-refractivity contribution in [3.05, 3.63) is 60.3 Å². The molecule has 3 aromatic rings. The molecule has 0 saturated carbocycles. The van der Waals surface area contributed by atoms with Gasteiger partial charge >= 0.3 is 5.97 Å². The molecule has 4 rings (SSSR count). The van der Waals surface area contributed by atoms with Crippen LogP contribution in [0.3, 0.4) is 0 Å². The van der Waals surface area contributed by atoms with E-state index in [1.807, 2.05) is 29.0 Å². The van der Waals surface area contributed by atoms with Crippen LogP contribution in [0.5, 0.6) is 0 Å². The highest BCUT2D eigenvalue weighted by Crippen LogP contribution is 2.26. The van der Waals surface area contributed by atoms with E-state index < -0.39 is 5.97 Å². The van der Waals surface area contributed by atoms with Gasteiger partial charge in [0, 0.05) is 24.7 Å².